The number of halogens is 1. The van der Waals surface area contributed by atoms with Crippen molar-refractivity contribution in [1.29, 1.82) is 0 Å². The number of para-hydroxylation sites is 1. The highest BCUT2D eigenvalue weighted by Gasteiger charge is 2.16. The maximum absolute atomic E-state index is 14.1. The van der Waals surface area contributed by atoms with Gasteiger partial charge in [0, 0.05) is 32.7 Å². The molecule has 8 nitrogen and oxygen atoms in total. The zero-order chi connectivity index (χ0) is 20.9. The average molecular weight is 414 g/mol. The van der Waals surface area contributed by atoms with Crippen LogP contribution in [0.5, 0.6) is 0 Å². The molecule has 0 unspecified atom stereocenters. The molecule has 0 radical (unpaired) electrons. The molecule has 0 spiro atoms. The molecular formula is C21H28FN7O. The molecule has 0 amide bonds. The summed E-state index contributed by atoms with van der Waals surface area (Å²) in [5.41, 5.74) is 1.79. The van der Waals surface area contributed by atoms with Crippen LogP contribution in [0.4, 0.5) is 22.0 Å². The van der Waals surface area contributed by atoms with Crippen molar-refractivity contribution >= 4 is 28.7 Å². The first kappa shape index (κ1) is 20.5. The first-order valence-electron chi connectivity index (χ1n) is 10.4. The minimum Gasteiger partial charge on any atom is -0.379 e. The lowest BCUT2D eigenvalue weighted by molar-refractivity contribution is 0.0398. The van der Waals surface area contributed by atoms with Gasteiger partial charge in [-0.3, -0.25) is 9.47 Å². The number of rotatable bonds is 8. The normalized spacial score (nSPS) is 15.1. The number of aromatic nitrogens is 4. The Kier molecular flexibility index (Phi) is 6.39. The van der Waals surface area contributed by atoms with Gasteiger partial charge in [0.15, 0.2) is 5.65 Å². The predicted molar refractivity (Wildman–Crippen MR) is 116 cm³/mol. The van der Waals surface area contributed by atoms with Crippen molar-refractivity contribution in [1.82, 2.24) is 24.4 Å². The monoisotopic (exact) mass is 413 g/mol. The number of hydrogen-bond donors (Lipinski definition) is 2. The van der Waals surface area contributed by atoms with Crippen molar-refractivity contribution in [3.8, 4) is 0 Å². The van der Waals surface area contributed by atoms with Crippen LogP contribution in [0.1, 0.15) is 13.8 Å². The Morgan fingerprint density at radius 3 is 2.73 bits per heavy atom. The molecule has 2 aromatic heterocycles. The molecule has 1 aliphatic heterocycles. The van der Waals surface area contributed by atoms with E-state index >= 15 is 0 Å². The second-order valence-corrected chi connectivity index (χ2v) is 7.83. The number of nitrogens with zero attached hydrogens (tertiary/aromatic N) is 5. The summed E-state index contributed by atoms with van der Waals surface area (Å²) in [7, 11) is 0. The Morgan fingerprint density at radius 2 is 1.97 bits per heavy atom. The molecule has 4 rings (SSSR count). The van der Waals surface area contributed by atoms with Gasteiger partial charge in [-0.25, -0.2) is 14.4 Å². The van der Waals surface area contributed by atoms with Gasteiger partial charge in [-0.1, -0.05) is 26.0 Å². The van der Waals surface area contributed by atoms with Crippen LogP contribution >= 0.6 is 0 Å². The first-order valence-corrected chi connectivity index (χ1v) is 10.4. The predicted octanol–water partition coefficient (Wildman–Crippen LogP) is 3.11. The Bertz CT molecular complexity index is 985. The molecule has 0 bridgehead atoms. The summed E-state index contributed by atoms with van der Waals surface area (Å²) in [5, 5.41) is 6.42. The standard InChI is InChI=1S/C21H28FN7O/c1-15(2)14-29-19-18(26-21(29)25-17-6-4-3-5-16(17)22)13-24-20(27-19)23-7-8-28-9-11-30-12-10-28/h3-6,13,15H,7-12,14H2,1-2H3,(H,25,26)(H,23,24,27). The molecule has 0 aliphatic carbocycles. The van der Waals surface area contributed by atoms with Crippen LogP contribution in [0.3, 0.4) is 0 Å². The highest BCUT2D eigenvalue weighted by Crippen LogP contribution is 2.24. The number of nitrogens with one attached hydrogen (secondary N) is 2. The zero-order valence-electron chi connectivity index (χ0n) is 17.4. The van der Waals surface area contributed by atoms with Gasteiger partial charge in [0.2, 0.25) is 11.9 Å². The summed E-state index contributed by atoms with van der Waals surface area (Å²) in [4.78, 5) is 16.1. The van der Waals surface area contributed by atoms with Crippen molar-refractivity contribution < 1.29 is 9.13 Å². The number of morpholine rings is 1. The lowest BCUT2D eigenvalue weighted by Gasteiger charge is -2.26. The van der Waals surface area contributed by atoms with Crippen molar-refractivity contribution in [2.45, 2.75) is 20.4 Å². The quantitative estimate of drug-likeness (QED) is 0.587. The minimum atomic E-state index is -0.322. The highest BCUT2D eigenvalue weighted by molar-refractivity contribution is 5.76. The molecular weight excluding hydrogens is 385 g/mol. The van der Waals surface area contributed by atoms with E-state index in [0.717, 1.165) is 45.0 Å². The fraction of sp³-hybridized carbons (Fsp3) is 0.476. The first-order chi connectivity index (χ1) is 14.6. The lowest BCUT2D eigenvalue weighted by Crippen LogP contribution is -2.39. The highest BCUT2D eigenvalue weighted by atomic mass is 19.1. The molecule has 1 aliphatic rings. The van der Waals surface area contributed by atoms with Crippen molar-refractivity contribution in [2.24, 2.45) is 5.92 Å². The third-order valence-electron chi connectivity index (χ3n) is 4.97. The summed E-state index contributed by atoms with van der Waals surface area (Å²) in [6.45, 7) is 10.1. The van der Waals surface area contributed by atoms with Crippen LogP contribution in [0.2, 0.25) is 0 Å². The molecule has 1 fully saturated rings. The Labute approximate surface area is 175 Å². The van der Waals surface area contributed by atoms with Crippen LogP contribution in [0, 0.1) is 11.7 Å². The molecule has 1 saturated heterocycles. The summed E-state index contributed by atoms with van der Waals surface area (Å²) in [6, 6.07) is 6.57. The maximum Gasteiger partial charge on any atom is 0.224 e. The van der Waals surface area contributed by atoms with Crippen LogP contribution in [-0.2, 0) is 11.3 Å². The Hall–Kier alpha value is -2.78. The summed E-state index contributed by atoms with van der Waals surface area (Å²) < 4.78 is 21.5. The van der Waals surface area contributed by atoms with E-state index in [4.69, 9.17) is 9.72 Å². The second-order valence-electron chi connectivity index (χ2n) is 7.83. The zero-order valence-corrected chi connectivity index (χ0v) is 17.4. The van der Waals surface area contributed by atoms with E-state index in [1.807, 2.05) is 4.57 Å². The molecule has 9 heteroatoms. The summed E-state index contributed by atoms with van der Waals surface area (Å²) in [6.07, 6.45) is 1.71. The lowest BCUT2D eigenvalue weighted by atomic mass is 10.2. The topological polar surface area (TPSA) is 80.1 Å². The fourth-order valence-electron chi connectivity index (χ4n) is 3.47. The van der Waals surface area contributed by atoms with Crippen LogP contribution in [0.15, 0.2) is 30.5 Å². The number of fused-ring (bicyclic) bond motifs is 1. The van der Waals surface area contributed by atoms with E-state index in [9.17, 15) is 4.39 Å². The molecule has 30 heavy (non-hydrogen) atoms. The molecule has 3 aromatic rings. The van der Waals surface area contributed by atoms with E-state index in [1.165, 1.54) is 6.07 Å². The SMILES string of the molecule is CC(C)Cn1c(Nc2ccccc2F)nc2cnc(NCCN3CCOCC3)nc21. The average Bonchev–Trinajstić information content (AvgIpc) is 3.06. The van der Waals surface area contributed by atoms with E-state index in [1.54, 1.807) is 24.4 Å². The third-order valence-corrected chi connectivity index (χ3v) is 4.97. The third kappa shape index (κ3) is 4.85. The fourth-order valence-corrected chi connectivity index (χ4v) is 3.47. The molecule has 0 saturated carbocycles. The minimum absolute atomic E-state index is 0.322. The number of benzene rings is 1. The number of ether oxygens (including phenoxy) is 1. The van der Waals surface area contributed by atoms with Crippen molar-refractivity contribution in [2.75, 3.05) is 50.0 Å². The van der Waals surface area contributed by atoms with Crippen molar-refractivity contribution in [3.05, 3.63) is 36.3 Å². The van der Waals surface area contributed by atoms with Gasteiger partial charge < -0.3 is 15.4 Å². The van der Waals surface area contributed by atoms with Crippen molar-refractivity contribution in [3.63, 3.8) is 0 Å². The van der Waals surface area contributed by atoms with Gasteiger partial charge in [0.1, 0.15) is 11.3 Å². The molecule has 160 valence electrons. The van der Waals surface area contributed by atoms with Crippen LogP contribution in [-0.4, -0.2) is 63.8 Å². The Morgan fingerprint density at radius 1 is 1.17 bits per heavy atom. The van der Waals surface area contributed by atoms with Crippen LogP contribution in [0.25, 0.3) is 11.2 Å². The summed E-state index contributed by atoms with van der Waals surface area (Å²) >= 11 is 0. The number of hydrogen-bond acceptors (Lipinski definition) is 7. The van der Waals surface area contributed by atoms with Gasteiger partial charge in [-0.2, -0.15) is 4.98 Å². The van der Waals surface area contributed by atoms with E-state index in [-0.39, 0.29) is 5.82 Å². The molecule has 3 heterocycles. The number of imidazole rings is 1. The van der Waals surface area contributed by atoms with Gasteiger partial charge in [-0.15, -0.1) is 0 Å². The van der Waals surface area contributed by atoms with Gasteiger partial charge in [0.05, 0.1) is 25.1 Å². The Balaban J connectivity index is 1.54. The second kappa shape index (κ2) is 9.36. The van der Waals surface area contributed by atoms with E-state index < -0.39 is 0 Å². The van der Waals surface area contributed by atoms with Crippen LogP contribution < -0.4 is 10.6 Å². The summed E-state index contributed by atoms with van der Waals surface area (Å²) in [5.74, 6) is 1.18. The van der Waals surface area contributed by atoms with Gasteiger partial charge in [-0.05, 0) is 18.1 Å². The molecule has 0 atom stereocenters. The van der Waals surface area contributed by atoms with E-state index in [2.05, 4.69) is 39.3 Å². The van der Waals surface area contributed by atoms with Gasteiger partial charge in [0.25, 0.3) is 0 Å². The smallest absolute Gasteiger partial charge is 0.224 e. The van der Waals surface area contributed by atoms with E-state index in [0.29, 0.717) is 35.6 Å². The number of anilines is 3. The van der Waals surface area contributed by atoms with Gasteiger partial charge >= 0.3 is 0 Å². The largest absolute Gasteiger partial charge is 0.379 e. The molecule has 1 aromatic carbocycles. The maximum atomic E-state index is 14.1. The molecule has 2 N–H and O–H groups in total.